The molecular formula is C19H27NO. The average Bonchev–Trinajstić information content (AvgIpc) is 3.28. The smallest absolute Gasteiger partial charge is 0.115 e. The van der Waals surface area contributed by atoms with Gasteiger partial charge in [0.1, 0.15) is 5.75 Å². The molecule has 2 aliphatic carbocycles. The lowest BCUT2D eigenvalue weighted by atomic mass is 9.58. The van der Waals surface area contributed by atoms with Crippen molar-refractivity contribution >= 4 is 0 Å². The summed E-state index contributed by atoms with van der Waals surface area (Å²) >= 11 is 0. The van der Waals surface area contributed by atoms with Crippen molar-refractivity contribution in [1.29, 1.82) is 0 Å². The van der Waals surface area contributed by atoms with Crippen molar-refractivity contribution in [3.05, 3.63) is 29.3 Å². The lowest BCUT2D eigenvalue weighted by Gasteiger charge is -2.56. The quantitative estimate of drug-likeness (QED) is 0.895. The fraction of sp³-hybridized carbons (Fsp3) is 0.684. The molecule has 1 unspecified atom stereocenters. The minimum absolute atomic E-state index is 0.233. The molecule has 0 amide bonds. The second-order valence-corrected chi connectivity index (χ2v) is 7.88. The zero-order valence-electron chi connectivity index (χ0n) is 13.5. The molecule has 2 bridgehead atoms. The van der Waals surface area contributed by atoms with E-state index in [9.17, 15) is 5.11 Å². The van der Waals surface area contributed by atoms with Gasteiger partial charge in [-0.25, -0.2) is 0 Å². The summed E-state index contributed by atoms with van der Waals surface area (Å²) in [5.41, 5.74) is 3.10. The van der Waals surface area contributed by atoms with Crippen molar-refractivity contribution in [3.63, 3.8) is 0 Å². The van der Waals surface area contributed by atoms with E-state index >= 15 is 0 Å². The molecule has 114 valence electrons. The van der Waals surface area contributed by atoms with E-state index < -0.39 is 0 Å². The van der Waals surface area contributed by atoms with Crippen LogP contribution in [0.15, 0.2) is 18.2 Å². The highest BCUT2D eigenvalue weighted by Gasteiger charge is 2.50. The minimum Gasteiger partial charge on any atom is -0.508 e. The number of phenolic OH excluding ortho intramolecular Hbond substituents is 1. The third-order valence-electron chi connectivity index (χ3n) is 6.86. The normalized spacial score (nSPS) is 37.1. The minimum atomic E-state index is 0.233. The van der Waals surface area contributed by atoms with E-state index in [2.05, 4.69) is 31.7 Å². The number of benzene rings is 1. The molecule has 4 atom stereocenters. The van der Waals surface area contributed by atoms with Gasteiger partial charge >= 0.3 is 0 Å². The Labute approximate surface area is 128 Å². The topological polar surface area (TPSA) is 23.5 Å². The van der Waals surface area contributed by atoms with Crippen LogP contribution in [-0.4, -0.2) is 28.6 Å². The highest BCUT2D eigenvalue weighted by Crippen LogP contribution is 2.51. The van der Waals surface area contributed by atoms with Gasteiger partial charge in [-0.05, 0) is 79.7 Å². The summed E-state index contributed by atoms with van der Waals surface area (Å²) in [6, 6.07) is 7.48. The second-order valence-electron chi connectivity index (χ2n) is 7.88. The first-order valence-electron chi connectivity index (χ1n) is 8.59. The molecule has 1 heterocycles. The van der Waals surface area contributed by atoms with Gasteiger partial charge in [-0.1, -0.05) is 19.9 Å². The molecule has 1 saturated carbocycles. The molecule has 1 aromatic carbocycles. The maximum Gasteiger partial charge on any atom is 0.115 e. The SMILES string of the molecule is CC1[C@H]2Cc3ccc(O)cc3[C@]1(C)CCN2[C@@H](C)C1CC1. The zero-order chi connectivity index (χ0) is 14.8. The number of phenols is 1. The van der Waals surface area contributed by atoms with E-state index in [1.807, 2.05) is 12.1 Å². The number of hydrogen-bond acceptors (Lipinski definition) is 2. The predicted octanol–water partition coefficient (Wildman–Crippen LogP) is 3.71. The molecule has 1 aromatic rings. The Morgan fingerprint density at radius 3 is 2.81 bits per heavy atom. The van der Waals surface area contributed by atoms with Crippen molar-refractivity contribution in [1.82, 2.24) is 4.90 Å². The maximum absolute atomic E-state index is 9.90. The van der Waals surface area contributed by atoms with Crippen LogP contribution in [0.3, 0.4) is 0 Å². The zero-order valence-corrected chi connectivity index (χ0v) is 13.5. The Balaban J connectivity index is 1.73. The van der Waals surface area contributed by atoms with E-state index in [0.717, 1.165) is 18.4 Å². The Kier molecular flexibility index (Phi) is 2.91. The molecule has 2 fully saturated rings. The highest BCUT2D eigenvalue weighted by molar-refractivity contribution is 5.44. The molecule has 2 heteroatoms. The Hall–Kier alpha value is -1.02. The van der Waals surface area contributed by atoms with Gasteiger partial charge in [-0.3, -0.25) is 4.90 Å². The molecule has 0 radical (unpaired) electrons. The molecular weight excluding hydrogens is 258 g/mol. The van der Waals surface area contributed by atoms with E-state index in [4.69, 9.17) is 0 Å². The van der Waals surface area contributed by atoms with Crippen LogP contribution in [-0.2, 0) is 11.8 Å². The fourth-order valence-corrected chi connectivity index (χ4v) is 5.00. The summed E-state index contributed by atoms with van der Waals surface area (Å²) in [6.45, 7) is 8.52. The van der Waals surface area contributed by atoms with E-state index in [-0.39, 0.29) is 5.41 Å². The summed E-state index contributed by atoms with van der Waals surface area (Å²) in [4.78, 5) is 2.81. The van der Waals surface area contributed by atoms with Gasteiger partial charge in [0.25, 0.3) is 0 Å². The standard InChI is InChI=1S/C19H27NO/c1-12-18-10-15-6-7-16(21)11-17(15)19(12,3)8-9-20(18)13(2)14-4-5-14/h6-7,11-14,18,21H,4-5,8-10H2,1-3H3/t12?,13-,18+,19+/m0/s1. The van der Waals surface area contributed by atoms with E-state index in [0.29, 0.717) is 17.7 Å². The fourth-order valence-electron chi connectivity index (χ4n) is 5.00. The number of piperidine rings is 1. The summed E-state index contributed by atoms with van der Waals surface area (Å²) in [5, 5.41) is 9.90. The highest BCUT2D eigenvalue weighted by atomic mass is 16.3. The van der Waals surface area contributed by atoms with Crippen LogP contribution >= 0.6 is 0 Å². The van der Waals surface area contributed by atoms with Crippen molar-refractivity contribution in [3.8, 4) is 5.75 Å². The molecule has 2 nitrogen and oxygen atoms in total. The lowest BCUT2D eigenvalue weighted by Crippen LogP contribution is -2.60. The molecule has 4 rings (SSSR count). The van der Waals surface area contributed by atoms with Crippen LogP contribution < -0.4 is 0 Å². The first-order valence-corrected chi connectivity index (χ1v) is 8.59. The molecule has 0 aromatic heterocycles. The molecule has 1 N–H and O–H groups in total. The third-order valence-corrected chi connectivity index (χ3v) is 6.86. The van der Waals surface area contributed by atoms with Crippen LogP contribution in [0, 0.1) is 11.8 Å². The lowest BCUT2D eigenvalue weighted by molar-refractivity contribution is 0.000427. The van der Waals surface area contributed by atoms with Gasteiger partial charge in [0.05, 0.1) is 0 Å². The molecule has 21 heavy (non-hydrogen) atoms. The second kappa shape index (κ2) is 4.49. The third kappa shape index (κ3) is 1.95. The van der Waals surface area contributed by atoms with Gasteiger partial charge in [0.2, 0.25) is 0 Å². The van der Waals surface area contributed by atoms with Crippen LogP contribution in [0.25, 0.3) is 0 Å². The molecule has 1 aliphatic heterocycles. The van der Waals surface area contributed by atoms with Crippen LogP contribution in [0.1, 0.15) is 51.2 Å². The monoisotopic (exact) mass is 285 g/mol. The average molecular weight is 285 g/mol. The number of rotatable bonds is 2. The Bertz CT molecular complexity index is 565. The van der Waals surface area contributed by atoms with Crippen molar-refractivity contribution < 1.29 is 5.11 Å². The van der Waals surface area contributed by atoms with Gasteiger partial charge < -0.3 is 5.11 Å². The number of fused-ring (bicyclic) bond motifs is 4. The first kappa shape index (κ1) is 13.6. The summed E-state index contributed by atoms with van der Waals surface area (Å²) in [6.07, 6.45) is 5.24. The molecule has 3 aliphatic rings. The number of aromatic hydroxyl groups is 1. The molecule has 0 spiro atoms. The predicted molar refractivity (Wildman–Crippen MR) is 85.6 cm³/mol. The van der Waals surface area contributed by atoms with Gasteiger partial charge in [-0.2, -0.15) is 0 Å². The van der Waals surface area contributed by atoms with Crippen molar-refractivity contribution in [2.75, 3.05) is 6.54 Å². The summed E-state index contributed by atoms with van der Waals surface area (Å²) in [7, 11) is 0. The van der Waals surface area contributed by atoms with Crippen molar-refractivity contribution in [2.24, 2.45) is 11.8 Å². The van der Waals surface area contributed by atoms with E-state index in [1.165, 1.54) is 36.9 Å². The number of likely N-dealkylation sites (tertiary alicyclic amines) is 1. The van der Waals surface area contributed by atoms with E-state index in [1.54, 1.807) is 0 Å². The van der Waals surface area contributed by atoms with Gasteiger partial charge in [0.15, 0.2) is 0 Å². The Morgan fingerprint density at radius 2 is 2.10 bits per heavy atom. The van der Waals surface area contributed by atoms with Crippen LogP contribution in [0.5, 0.6) is 5.75 Å². The molecule has 1 saturated heterocycles. The van der Waals surface area contributed by atoms with Gasteiger partial charge in [-0.15, -0.1) is 0 Å². The van der Waals surface area contributed by atoms with Crippen molar-refractivity contribution in [2.45, 2.75) is 64.0 Å². The van der Waals surface area contributed by atoms with Crippen LogP contribution in [0.2, 0.25) is 0 Å². The number of nitrogens with zero attached hydrogens (tertiary/aromatic N) is 1. The summed E-state index contributed by atoms with van der Waals surface area (Å²) < 4.78 is 0. The Morgan fingerprint density at radius 1 is 1.33 bits per heavy atom. The van der Waals surface area contributed by atoms with Gasteiger partial charge in [0, 0.05) is 12.1 Å². The largest absolute Gasteiger partial charge is 0.508 e. The maximum atomic E-state index is 9.90. The first-order chi connectivity index (χ1) is 10.0. The number of hydrogen-bond donors (Lipinski definition) is 1. The van der Waals surface area contributed by atoms with Crippen LogP contribution in [0.4, 0.5) is 0 Å². The summed E-state index contributed by atoms with van der Waals surface area (Å²) in [5.74, 6) is 2.04.